The first-order valence-corrected chi connectivity index (χ1v) is 9.39. The van der Waals surface area contributed by atoms with Crippen LogP contribution in [0.25, 0.3) is 0 Å². The molecule has 0 saturated carbocycles. The molecule has 28 heavy (non-hydrogen) atoms. The number of nitrogens with zero attached hydrogens (tertiary/aromatic N) is 1. The molecule has 0 bridgehead atoms. The van der Waals surface area contributed by atoms with Crippen molar-refractivity contribution in [2.75, 3.05) is 20.2 Å². The van der Waals surface area contributed by atoms with E-state index >= 15 is 0 Å². The number of hydrogen-bond donors (Lipinski definition) is 1. The number of carboxylic acids is 1. The number of aromatic carboxylic acids is 1. The lowest BCUT2D eigenvalue weighted by molar-refractivity contribution is -0.131. The maximum Gasteiger partial charge on any atom is 0.335 e. The summed E-state index contributed by atoms with van der Waals surface area (Å²) in [5, 5.41) is 9.32. The summed E-state index contributed by atoms with van der Waals surface area (Å²) in [6.07, 6.45) is 2.52. The zero-order chi connectivity index (χ0) is 20.1. The molecule has 0 radical (unpaired) electrons. The zero-order valence-corrected chi connectivity index (χ0v) is 15.9. The van der Waals surface area contributed by atoms with Gasteiger partial charge in [0.15, 0.2) is 11.6 Å². The summed E-state index contributed by atoms with van der Waals surface area (Å²) in [5.74, 6) is -0.880. The minimum Gasteiger partial charge on any atom is -0.494 e. The van der Waals surface area contributed by atoms with Crippen LogP contribution >= 0.6 is 0 Å². The molecule has 0 aromatic heterocycles. The predicted molar refractivity (Wildman–Crippen MR) is 103 cm³/mol. The Hall–Kier alpha value is -2.89. The van der Waals surface area contributed by atoms with Gasteiger partial charge in [-0.05, 0) is 54.5 Å². The van der Waals surface area contributed by atoms with E-state index in [-0.39, 0.29) is 18.1 Å². The van der Waals surface area contributed by atoms with Crippen LogP contribution in [0.15, 0.2) is 42.5 Å². The van der Waals surface area contributed by atoms with Crippen molar-refractivity contribution in [1.82, 2.24) is 4.90 Å². The largest absolute Gasteiger partial charge is 0.494 e. The maximum absolute atomic E-state index is 13.8. The SMILES string of the molecule is COc1ccc(CC(=O)N2CCC(Cc3ccccc3C(=O)O)CC2)cc1F. The Morgan fingerprint density at radius 1 is 1.18 bits per heavy atom. The van der Waals surface area contributed by atoms with Gasteiger partial charge in [-0.25, -0.2) is 9.18 Å². The van der Waals surface area contributed by atoms with Crippen molar-refractivity contribution >= 4 is 11.9 Å². The molecular formula is C22H24FNO4. The van der Waals surface area contributed by atoms with Gasteiger partial charge < -0.3 is 14.7 Å². The van der Waals surface area contributed by atoms with Gasteiger partial charge in [-0.3, -0.25) is 4.79 Å². The average Bonchev–Trinajstić information content (AvgIpc) is 2.69. The first kappa shape index (κ1) is 19.9. The molecule has 0 unspecified atom stereocenters. The molecule has 1 saturated heterocycles. The van der Waals surface area contributed by atoms with Crippen LogP contribution in [0.2, 0.25) is 0 Å². The van der Waals surface area contributed by atoms with Gasteiger partial charge in [-0.15, -0.1) is 0 Å². The lowest BCUT2D eigenvalue weighted by Crippen LogP contribution is -2.39. The fraction of sp³-hybridized carbons (Fsp3) is 0.364. The van der Waals surface area contributed by atoms with Gasteiger partial charge in [0, 0.05) is 13.1 Å². The van der Waals surface area contributed by atoms with Crippen LogP contribution in [0.3, 0.4) is 0 Å². The second-order valence-electron chi connectivity index (χ2n) is 7.14. The summed E-state index contributed by atoms with van der Waals surface area (Å²) in [6, 6.07) is 11.7. The quantitative estimate of drug-likeness (QED) is 0.826. The molecule has 1 heterocycles. The van der Waals surface area contributed by atoms with Gasteiger partial charge in [0.05, 0.1) is 19.1 Å². The Kier molecular flexibility index (Phi) is 6.29. The number of hydrogen-bond acceptors (Lipinski definition) is 3. The molecule has 148 valence electrons. The highest BCUT2D eigenvalue weighted by Crippen LogP contribution is 2.24. The average molecular weight is 385 g/mol. The van der Waals surface area contributed by atoms with Crippen LogP contribution in [-0.4, -0.2) is 42.1 Å². The number of likely N-dealkylation sites (tertiary alicyclic amines) is 1. The number of carbonyl (C=O) groups is 2. The molecule has 0 aliphatic carbocycles. The summed E-state index contributed by atoms with van der Waals surface area (Å²) in [4.78, 5) is 25.7. The highest BCUT2D eigenvalue weighted by molar-refractivity contribution is 5.89. The van der Waals surface area contributed by atoms with Crippen molar-refractivity contribution in [2.45, 2.75) is 25.7 Å². The second-order valence-corrected chi connectivity index (χ2v) is 7.14. The van der Waals surface area contributed by atoms with Crippen LogP contribution in [-0.2, 0) is 17.6 Å². The third-order valence-electron chi connectivity index (χ3n) is 5.30. The molecule has 1 amide bonds. The predicted octanol–water partition coefficient (Wildman–Crippen LogP) is 3.56. The van der Waals surface area contributed by atoms with Gasteiger partial charge in [-0.2, -0.15) is 0 Å². The number of amides is 1. The van der Waals surface area contributed by atoms with Crippen molar-refractivity contribution < 1.29 is 23.8 Å². The van der Waals surface area contributed by atoms with Crippen LogP contribution in [0.1, 0.15) is 34.3 Å². The first-order chi connectivity index (χ1) is 13.5. The standard InChI is InChI=1S/C22H24FNO4/c1-28-20-7-6-16(13-19(20)23)14-21(25)24-10-8-15(9-11-24)12-17-4-2-3-5-18(17)22(26)27/h2-7,13,15H,8-12,14H2,1H3,(H,26,27). The highest BCUT2D eigenvalue weighted by Gasteiger charge is 2.24. The fourth-order valence-electron chi connectivity index (χ4n) is 3.71. The number of benzene rings is 2. The number of carboxylic acid groups (broad SMARTS) is 1. The monoisotopic (exact) mass is 385 g/mol. The molecular weight excluding hydrogens is 361 g/mol. The topological polar surface area (TPSA) is 66.8 Å². The number of halogens is 1. The third-order valence-corrected chi connectivity index (χ3v) is 5.30. The summed E-state index contributed by atoms with van der Waals surface area (Å²) >= 11 is 0. The number of carbonyl (C=O) groups excluding carboxylic acids is 1. The molecule has 1 fully saturated rings. The molecule has 2 aromatic carbocycles. The van der Waals surface area contributed by atoms with Crippen LogP contribution < -0.4 is 4.74 Å². The molecule has 2 aromatic rings. The Balaban J connectivity index is 1.54. The molecule has 1 N–H and O–H groups in total. The van der Waals surface area contributed by atoms with Crippen molar-refractivity contribution in [3.8, 4) is 5.75 Å². The van der Waals surface area contributed by atoms with E-state index in [1.807, 2.05) is 17.0 Å². The lowest BCUT2D eigenvalue weighted by Gasteiger charge is -2.32. The van der Waals surface area contributed by atoms with Crippen molar-refractivity contribution in [3.05, 3.63) is 65.0 Å². The first-order valence-electron chi connectivity index (χ1n) is 9.39. The lowest BCUT2D eigenvalue weighted by atomic mass is 9.88. The van der Waals surface area contributed by atoms with Gasteiger partial charge in [-0.1, -0.05) is 24.3 Å². The third kappa shape index (κ3) is 4.68. The van der Waals surface area contributed by atoms with Gasteiger partial charge >= 0.3 is 5.97 Å². The number of methoxy groups -OCH3 is 1. The molecule has 0 atom stereocenters. The molecule has 6 heteroatoms. The summed E-state index contributed by atoms with van der Waals surface area (Å²) in [7, 11) is 1.41. The fourth-order valence-corrected chi connectivity index (χ4v) is 3.71. The molecule has 3 rings (SSSR count). The van der Waals surface area contributed by atoms with Crippen molar-refractivity contribution in [1.29, 1.82) is 0 Å². The number of piperidine rings is 1. The Morgan fingerprint density at radius 2 is 1.89 bits per heavy atom. The van der Waals surface area contributed by atoms with E-state index in [2.05, 4.69) is 0 Å². The highest BCUT2D eigenvalue weighted by atomic mass is 19.1. The van der Waals surface area contributed by atoms with E-state index in [1.165, 1.54) is 19.2 Å². The molecule has 5 nitrogen and oxygen atoms in total. The van der Waals surface area contributed by atoms with E-state index in [0.29, 0.717) is 36.6 Å². The van der Waals surface area contributed by atoms with Gasteiger partial charge in [0.2, 0.25) is 5.91 Å². The zero-order valence-electron chi connectivity index (χ0n) is 15.9. The van der Waals surface area contributed by atoms with Gasteiger partial charge in [0.1, 0.15) is 0 Å². The molecule has 1 aliphatic heterocycles. The van der Waals surface area contributed by atoms with E-state index in [1.54, 1.807) is 18.2 Å². The smallest absolute Gasteiger partial charge is 0.335 e. The van der Waals surface area contributed by atoms with Crippen LogP contribution in [0.5, 0.6) is 5.75 Å². The second kappa shape index (κ2) is 8.87. The summed E-state index contributed by atoms with van der Waals surface area (Å²) < 4.78 is 18.7. The normalized spacial score (nSPS) is 14.7. The Morgan fingerprint density at radius 3 is 2.54 bits per heavy atom. The van der Waals surface area contributed by atoms with Gasteiger partial charge in [0.25, 0.3) is 0 Å². The summed E-state index contributed by atoms with van der Waals surface area (Å²) in [5.41, 5.74) is 1.82. The number of ether oxygens (including phenoxy) is 1. The van der Waals surface area contributed by atoms with Crippen LogP contribution in [0.4, 0.5) is 4.39 Å². The van der Waals surface area contributed by atoms with Crippen molar-refractivity contribution in [2.24, 2.45) is 5.92 Å². The van der Waals surface area contributed by atoms with E-state index in [4.69, 9.17) is 4.74 Å². The van der Waals surface area contributed by atoms with Crippen molar-refractivity contribution in [3.63, 3.8) is 0 Å². The maximum atomic E-state index is 13.8. The number of rotatable bonds is 6. The van der Waals surface area contributed by atoms with E-state index in [9.17, 15) is 19.1 Å². The minimum absolute atomic E-state index is 0.0195. The minimum atomic E-state index is -0.907. The molecule has 1 aliphatic rings. The van der Waals surface area contributed by atoms with Crippen LogP contribution in [0, 0.1) is 11.7 Å². The Labute approximate surface area is 163 Å². The van der Waals surface area contributed by atoms with E-state index < -0.39 is 11.8 Å². The Bertz CT molecular complexity index is 859. The summed E-state index contributed by atoms with van der Waals surface area (Å²) in [6.45, 7) is 1.27. The molecule has 0 spiro atoms. The van der Waals surface area contributed by atoms with E-state index in [0.717, 1.165) is 18.4 Å².